The van der Waals surface area contributed by atoms with E-state index in [-0.39, 0.29) is 0 Å². The number of nitrogens with one attached hydrogen (secondary N) is 1. The summed E-state index contributed by atoms with van der Waals surface area (Å²) in [5, 5.41) is 0. The summed E-state index contributed by atoms with van der Waals surface area (Å²) >= 11 is 0. The summed E-state index contributed by atoms with van der Waals surface area (Å²) in [7, 11) is 0. The van der Waals surface area contributed by atoms with Gasteiger partial charge in [-0.25, -0.2) is 0 Å². The molecule has 0 spiro atoms. The third-order valence-electron chi connectivity index (χ3n) is 4.31. The first-order valence-electron chi connectivity index (χ1n) is 7.54. The molecule has 0 bridgehead atoms. The van der Waals surface area contributed by atoms with Gasteiger partial charge in [-0.15, -0.1) is 0 Å². The van der Waals surface area contributed by atoms with Crippen molar-refractivity contribution in [3.05, 3.63) is 95.3 Å². The number of rotatable bonds is 4. The van der Waals surface area contributed by atoms with Gasteiger partial charge in [-0.05, 0) is 22.8 Å². The second-order valence-corrected chi connectivity index (χ2v) is 5.61. The summed E-state index contributed by atoms with van der Waals surface area (Å²) in [6.07, 6.45) is 2.06. The molecule has 3 rings (SSSR count). The highest BCUT2D eigenvalue weighted by Gasteiger charge is 2.18. The summed E-state index contributed by atoms with van der Waals surface area (Å²) in [6, 6.07) is 23.6. The third kappa shape index (κ3) is 2.78. The van der Waals surface area contributed by atoms with Crippen molar-refractivity contribution in [2.24, 2.45) is 0 Å². The smallest absolute Gasteiger partial charge is 0.0259 e. The molecular weight excluding hydrogens is 254 g/mol. The Morgan fingerprint density at radius 3 is 1.76 bits per heavy atom. The van der Waals surface area contributed by atoms with Crippen molar-refractivity contribution >= 4 is 0 Å². The summed E-state index contributed by atoms with van der Waals surface area (Å²) in [6.45, 7) is 4.54. The van der Waals surface area contributed by atoms with E-state index in [0.29, 0.717) is 11.8 Å². The Morgan fingerprint density at radius 2 is 1.19 bits per heavy atom. The van der Waals surface area contributed by atoms with Crippen LogP contribution in [0, 0.1) is 0 Å². The van der Waals surface area contributed by atoms with E-state index in [2.05, 4.69) is 91.8 Å². The van der Waals surface area contributed by atoms with E-state index in [1.165, 1.54) is 22.4 Å². The Kier molecular flexibility index (Phi) is 3.92. The van der Waals surface area contributed by atoms with E-state index in [0.717, 1.165) is 0 Å². The zero-order chi connectivity index (χ0) is 14.7. The fourth-order valence-corrected chi connectivity index (χ4v) is 2.98. The van der Waals surface area contributed by atoms with Gasteiger partial charge in [0.05, 0.1) is 0 Å². The number of hydrogen-bond donors (Lipinski definition) is 1. The lowest BCUT2D eigenvalue weighted by Crippen LogP contribution is -2.04. The van der Waals surface area contributed by atoms with Crippen molar-refractivity contribution in [2.75, 3.05) is 0 Å². The van der Waals surface area contributed by atoms with Gasteiger partial charge in [0, 0.05) is 23.7 Å². The van der Waals surface area contributed by atoms with E-state index < -0.39 is 0 Å². The first kappa shape index (κ1) is 13.7. The minimum Gasteiger partial charge on any atom is -0.364 e. The standard InChI is InChI=1S/C20H21N/c1-15(17-9-5-3-6-10-17)19-13-14-21-20(19)16(2)18-11-7-4-8-12-18/h3-16,21H,1-2H3. The molecule has 1 heterocycles. The van der Waals surface area contributed by atoms with Crippen LogP contribution in [-0.2, 0) is 0 Å². The molecule has 0 saturated carbocycles. The molecule has 0 radical (unpaired) electrons. The Labute approximate surface area is 126 Å². The molecule has 1 aromatic heterocycles. The monoisotopic (exact) mass is 275 g/mol. The number of H-pyrrole nitrogens is 1. The Balaban J connectivity index is 1.94. The average Bonchev–Trinajstić information content (AvgIpc) is 3.04. The van der Waals surface area contributed by atoms with Crippen LogP contribution >= 0.6 is 0 Å². The number of aromatic amines is 1. The van der Waals surface area contributed by atoms with Crippen LogP contribution in [0.4, 0.5) is 0 Å². The summed E-state index contributed by atoms with van der Waals surface area (Å²) in [5.74, 6) is 0.779. The van der Waals surface area contributed by atoms with Gasteiger partial charge in [-0.2, -0.15) is 0 Å². The van der Waals surface area contributed by atoms with Gasteiger partial charge in [-0.3, -0.25) is 0 Å². The average molecular weight is 275 g/mol. The molecule has 1 N–H and O–H groups in total. The number of aromatic nitrogens is 1. The molecule has 3 aromatic rings. The fourth-order valence-electron chi connectivity index (χ4n) is 2.98. The maximum atomic E-state index is 3.45. The minimum absolute atomic E-state index is 0.377. The van der Waals surface area contributed by atoms with Crippen molar-refractivity contribution in [2.45, 2.75) is 25.7 Å². The van der Waals surface area contributed by atoms with Crippen LogP contribution in [0.25, 0.3) is 0 Å². The molecule has 1 heteroatoms. The van der Waals surface area contributed by atoms with E-state index in [9.17, 15) is 0 Å². The minimum atomic E-state index is 0.377. The van der Waals surface area contributed by atoms with Gasteiger partial charge in [0.2, 0.25) is 0 Å². The SMILES string of the molecule is CC(c1ccccc1)c1cc[nH]c1C(C)c1ccccc1. The largest absolute Gasteiger partial charge is 0.364 e. The first-order valence-corrected chi connectivity index (χ1v) is 7.54. The first-order chi connectivity index (χ1) is 10.3. The zero-order valence-electron chi connectivity index (χ0n) is 12.6. The molecule has 106 valence electrons. The Bertz CT molecular complexity index is 622. The molecule has 0 amide bonds. The molecule has 0 aliphatic rings. The van der Waals surface area contributed by atoms with E-state index >= 15 is 0 Å². The van der Waals surface area contributed by atoms with Gasteiger partial charge in [0.25, 0.3) is 0 Å². The molecular formula is C20H21N. The van der Waals surface area contributed by atoms with Gasteiger partial charge in [0.15, 0.2) is 0 Å². The van der Waals surface area contributed by atoms with Crippen LogP contribution in [0.5, 0.6) is 0 Å². The normalized spacial score (nSPS) is 13.8. The lowest BCUT2D eigenvalue weighted by atomic mass is 9.87. The third-order valence-corrected chi connectivity index (χ3v) is 4.31. The van der Waals surface area contributed by atoms with Crippen LogP contribution in [0.3, 0.4) is 0 Å². The molecule has 2 atom stereocenters. The maximum absolute atomic E-state index is 3.45. The summed E-state index contributed by atoms with van der Waals surface area (Å²) < 4.78 is 0. The highest BCUT2D eigenvalue weighted by molar-refractivity contribution is 5.39. The van der Waals surface area contributed by atoms with Crippen LogP contribution in [0.1, 0.15) is 48.1 Å². The molecule has 0 fully saturated rings. The second kappa shape index (κ2) is 6.01. The van der Waals surface area contributed by atoms with Gasteiger partial charge in [0.1, 0.15) is 0 Å². The highest BCUT2D eigenvalue weighted by atomic mass is 14.7. The quantitative estimate of drug-likeness (QED) is 0.663. The van der Waals surface area contributed by atoms with Crippen LogP contribution in [0.15, 0.2) is 72.9 Å². The van der Waals surface area contributed by atoms with E-state index in [1.54, 1.807) is 0 Å². The fraction of sp³-hybridized carbons (Fsp3) is 0.200. The number of hydrogen-bond acceptors (Lipinski definition) is 0. The second-order valence-electron chi connectivity index (χ2n) is 5.61. The Hall–Kier alpha value is -2.28. The number of benzene rings is 2. The molecule has 21 heavy (non-hydrogen) atoms. The summed E-state index contributed by atoms with van der Waals surface area (Å²) in [5.41, 5.74) is 5.41. The molecule has 1 nitrogen and oxygen atoms in total. The van der Waals surface area contributed by atoms with Crippen LogP contribution in [0.2, 0.25) is 0 Å². The lowest BCUT2D eigenvalue weighted by molar-refractivity contribution is 0.824. The summed E-state index contributed by atoms with van der Waals surface area (Å²) in [4.78, 5) is 3.45. The molecule has 0 aliphatic carbocycles. The van der Waals surface area contributed by atoms with E-state index in [4.69, 9.17) is 0 Å². The van der Waals surface area contributed by atoms with Gasteiger partial charge < -0.3 is 4.98 Å². The predicted octanol–water partition coefficient (Wildman–Crippen LogP) is 5.32. The van der Waals surface area contributed by atoms with Crippen molar-refractivity contribution < 1.29 is 0 Å². The van der Waals surface area contributed by atoms with Crippen molar-refractivity contribution in [1.29, 1.82) is 0 Å². The molecule has 2 unspecified atom stereocenters. The molecule has 0 saturated heterocycles. The Morgan fingerprint density at radius 1 is 0.667 bits per heavy atom. The molecule has 2 aromatic carbocycles. The van der Waals surface area contributed by atoms with Crippen molar-refractivity contribution in [3.8, 4) is 0 Å². The van der Waals surface area contributed by atoms with Crippen molar-refractivity contribution in [3.63, 3.8) is 0 Å². The van der Waals surface area contributed by atoms with Crippen LogP contribution in [-0.4, -0.2) is 4.98 Å². The maximum Gasteiger partial charge on any atom is 0.0259 e. The van der Waals surface area contributed by atoms with Crippen LogP contribution < -0.4 is 0 Å². The van der Waals surface area contributed by atoms with E-state index in [1.807, 2.05) is 0 Å². The zero-order valence-corrected chi connectivity index (χ0v) is 12.6. The lowest BCUT2D eigenvalue weighted by Gasteiger charge is -2.18. The van der Waals surface area contributed by atoms with Gasteiger partial charge in [-0.1, -0.05) is 74.5 Å². The van der Waals surface area contributed by atoms with Crippen molar-refractivity contribution in [1.82, 2.24) is 4.98 Å². The predicted molar refractivity (Wildman–Crippen MR) is 88.7 cm³/mol. The topological polar surface area (TPSA) is 15.8 Å². The molecule has 0 aliphatic heterocycles. The van der Waals surface area contributed by atoms with Gasteiger partial charge >= 0.3 is 0 Å². The highest BCUT2D eigenvalue weighted by Crippen LogP contribution is 2.33.